The number of nitrogens with zero attached hydrogens (tertiary/aromatic N) is 1. The van der Waals surface area contributed by atoms with E-state index in [0.29, 0.717) is 12.2 Å². The van der Waals surface area contributed by atoms with E-state index in [0.717, 1.165) is 12.8 Å². The van der Waals surface area contributed by atoms with E-state index in [1.807, 2.05) is 6.92 Å². The predicted octanol–water partition coefficient (Wildman–Crippen LogP) is 3.03. The molecule has 0 atom stereocenters. The molecule has 23 heavy (non-hydrogen) atoms. The maximum Gasteiger partial charge on any atom is 0.199 e. The van der Waals surface area contributed by atoms with Gasteiger partial charge in [0.2, 0.25) is 0 Å². The lowest BCUT2D eigenvalue weighted by Crippen LogP contribution is -2.23. The van der Waals surface area contributed by atoms with E-state index in [4.69, 9.17) is 9.47 Å². The Labute approximate surface area is 134 Å². The third kappa shape index (κ3) is 2.97. The zero-order valence-corrected chi connectivity index (χ0v) is 13.4. The third-order valence-electron chi connectivity index (χ3n) is 3.76. The molecule has 0 fully saturated rings. The summed E-state index contributed by atoms with van der Waals surface area (Å²) in [5.41, 5.74) is 0.631. The van der Waals surface area contributed by atoms with Crippen molar-refractivity contribution in [2.45, 2.75) is 26.2 Å². The van der Waals surface area contributed by atoms with Gasteiger partial charge in [-0.2, -0.15) is 0 Å². The lowest BCUT2D eigenvalue weighted by molar-refractivity contribution is 0.0983. The minimum absolute atomic E-state index is 0.102. The number of unbranched alkanes of at least 4 members (excludes halogenated alkanes) is 1. The second-order valence-electron chi connectivity index (χ2n) is 5.12. The first-order chi connectivity index (χ1) is 11.1. The summed E-state index contributed by atoms with van der Waals surface area (Å²) in [5, 5.41) is 12.4. The van der Waals surface area contributed by atoms with Crippen LogP contribution in [0.1, 0.15) is 46.9 Å². The number of benzene rings is 1. The van der Waals surface area contributed by atoms with Crippen molar-refractivity contribution in [2.24, 2.45) is 5.16 Å². The van der Waals surface area contributed by atoms with Crippen LogP contribution in [0.3, 0.4) is 0 Å². The van der Waals surface area contributed by atoms with Gasteiger partial charge >= 0.3 is 0 Å². The van der Waals surface area contributed by atoms with Crippen molar-refractivity contribution in [1.82, 2.24) is 0 Å². The molecule has 6 heteroatoms. The summed E-state index contributed by atoms with van der Waals surface area (Å²) in [7, 11) is 2.86. The number of methoxy groups -OCH3 is 2. The molecule has 1 aromatic carbocycles. The predicted molar refractivity (Wildman–Crippen MR) is 85.0 cm³/mol. The SMILES string of the molecule is CCCC/C(=N\O)C1=CC(=O)c2c(OC)ccc(OC)c2C1=O. The van der Waals surface area contributed by atoms with Gasteiger partial charge in [-0.05, 0) is 31.1 Å². The van der Waals surface area contributed by atoms with Gasteiger partial charge in [0.1, 0.15) is 11.5 Å². The third-order valence-corrected chi connectivity index (χ3v) is 3.76. The molecule has 0 spiro atoms. The van der Waals surface area contributed by atoms with Crippen LogP contribution in [0.15, 0.2) is 28.9 Å². The summed E-state index contributed by atoms with van der Waals surface area (Å²) in [6.45, 7) is 1.99. The van der Waals surface area contributed by atoms with Crippen molar-refractivity contribution >= 4 is 17.3 Å². The fourth-order valence-corrected chi connectivity index (χ4v) is 2.58. The lowest BCUT2D eigenvalue weighted by Gasteiger charge is -2.20. The van der Waals surface area contributed by atoms with E-state index < -0.39 is 5.78 Å². The van der Waals surface area contributed by atoms with Crippen LogP contribution < -0.4 is 9.47 Å². The first-order valence-corrected chi connectivity index (χ1v) is 7.36. The molecule has 0 aromatic heterocycles. The molecule has 0 unspecified atom stereocenters. The van der Waals surface area contributed by atoms with Crippen molar-refractivity contribution in [3.8, 4) is 11.5 Å². The Morgan fingerprint density at radius 1 is 1.13 bits per heavy atom. The van der Waals surface area contributed by atoms with Gasteiger partial charge in [-0.3, -0.25) is 9.59 Å². The average Bonchev–Trinajstić information content (AvgIpc) is 2.58. The fraction of sp³-hybridized carbons (Fsp3) is 0.353. The maximum atomic E-state index is 12.8. The van der Waals surface area contributed by atoms with Crippen LogP contribution in [-0.4, -0.2) is 36.7 Å². The van der Waals surface area contributed by atoms with E-state index in [9.17, 15) is 14.8 Å². The number of ether oxygens (including phenoxy) is 2. The number of Topliss-reactive ketones (excluding diaryl/α,β-unsaturated/α-hetero) is 1. The quantitative estimate of drug-likeness (QED) is 0.495. The Balaban J connectivity index is 2.58. The minimum atomic E-state index is -0.403. The Morgan fingerprint density at radius 2 is 1.74 bits per heavy atom. The number of allylic oxidation sites excluding steroid dienone is 2. The molecule has 0 saturated carbocycles. The van der Waals surface area contributed by atoms with Crippen LogP contribution in [-0.2, 0) is 0 Å². The lowest BCUT2D eigenvalue weighted by atomic mass is 9.85. The number of rotatable bonds is 6. The molecule has 0 amide bonds. The van der Waals surface area contributed by atoms with E-state index in [-0.39, 0.29) is 33.9 Å². The second kappa shape index (κ2) is 7.09. The molecule has 0 radical (unpaired) electrons. The molecule has 0 bridgehead atoms. The highest BCUT2D eigenvalue weighted by Gasteiger charge is 2.33. The van der Waals surface area contributed by atoms with Gasteiger partial charge in [0.25, 0.3) is 0 Å². The molecule has 0 aliphatic heterocycles. The number of oxime groups is 1. The largest absolute Gasteiger partial charge is 0.496 e. The topological polar surface area (TPSA) is 85.2 Å². The van der Waals surface area contributed by atoms with E-state index >= 15 is 0 Å². The molecule has 1 N–H and O–H groups in total. The Kier molecular flexibility index (Phi) is 5.16. The highest BCUT2D eigenvalue weighted by atomic mass is 16.5. The first kappa shape index (κ1) is 16.7. The molecule has 2 rings (SSSR count). The summed E-state index contributed by atoms with van der Waals surface area (Å²) in [4.78, 5) is 25.3. The van der Waals surface area contributed by atoms with Crippen LogP contribution >= 0.6 is 0 Å². The van der Waals surface area contributed by atoms with E-state index in [2.05, 4.69) is 5.16 Å². The summed E-state index contributed by atoms with van der Waals surface area (Å²) >= 11 is 0. The Bertz CT molecular complexity index is 703. The molecule has 1 aromatic rings. The van der Waals surface area contributed by atoms with E-state index in [1.165, 1.54) is 20.3 Å². The highest BCUT2D eigenvalue weighted by molar-refractivity contribution is 6.37. The van der Waals surface area contributed by atoms with Crippen LogP contribution in [0.4, 0.5) is 0 Å². The molecule has 1 aliphatic rings. The standard InChI is InChI=1S/C17H19NO5/c1-4-5-6-11(18-21)10-9-12(19)15-13(22-2)7-8-14(23-3)16(15)17(10)20/h7-9,21H,4-6H2,1-3H3/b18-11+. The normalized spacial score (nSPS) is 14.4. The molecule has 0 heterocycles. The van der Waals surface area contributed by atoms with Gasteiger partial charge in [-0.15, -0.1) is 0 Å². The zero-order chi connectivity index (χ0) is 17.0. The monoisotopic (exact) mass is 317 g/mol. The number of fused-ring (bicyclic) bond motifs is 1. The number of carbonyl (C=O) groups excluding carboxylic acids is 2. The van der Waals surface area contributed by atoms with Crippen molar-refractivity contribution in [2.75, 3.05) is 14.2 Å². The fourth-order valence-electron chi connectivity index (χ4n) is 2.58. The van der Waals surface area contributed by atoms with Crippen LogP contribution in [0.2, 0.25) is 0 Å². The molecule has 1 aliphatic carbocycles. The van der Waals surface area contributed by atoms with Crippen molar-refractivity contribution in [1.29, 1.82) is 0 Å². The van der Waals surface area contributed by atoms with Gasteiger partial charge in [0.15, 0.2) is 11.6 Å². The molecule has 122 valence electrons. The highest BCUT2D eigenvalue weighted by Crippen LogP contribution is 2.36. The average molecular weight is 317 g/mol. The molecule has 6 nitrogen and oxygen atoms in total. The number of ketones is 2. The van der Waals surface area contributed by atoms with Gasteiger partial charge in [0.05, 0.1) is 36.6 Å². The van der Waals surface area contributed by atoms with Gasteiger partial charge < -0.3 is 14.7 Å². The molecule has 0 saturated heterocycles. The zero-order valence-electron chi connectivity index (χ0n) is 13.4. The van der Waals surface area contributed by atoms with Gasteiger partial charge in [-0.25, -0.2) is 0 Å². The summed E-state index contributed by atoms with van der Waals surface area (Å²) in [5.74, 6) is -0.176. The Hall–Kier alpha value is -2.63. The Morgan fingerprint density at radius 3 is 2.26 bits per heavy atom. The second-order valence-corrected chi connectivity index (χ2v) is 5.12. The molecular formula is C17H19NO5. The van der Waals surface area contributed by atoms with Gasteiger partial charge in [-0.1, -0.05) is 18.5 Å². The molecular weight excluding hydrogens is 298 g/mol. The smallest absolute Gasteiger partial charge is 0.199 e. The van der Waals surface area contributed by atoms with Crippen LogP contribution in [0, 0.1) is 0 Å². The van der Waals surface area contributed by atoms with Gasteiger partial charge in [0, 0.05) is 0 Å². The minimum Gasteiger partial charge on any atom is -0.496 e. The van der Waals surface area contributed by atoms with Crippen LogP contribution in [0.5, 0.6) is 11.5 Å². The number of hydrogen-bond acceptors (Lipinski definition) is 6. The first-order valence-electron chi connectivity index (χ1n) is 7.36. The number of carbonyl (C=O) groups is 2. The van der Waals surface area contributed by atoms with Crippen molar-refractivity contribution in [3.05, 3.63) is 34.9 Å². The van der Waals surface area contributed by atoms with Crippen molar-refractivity contribution in [3.63, 3.8) is 0 Å². The van der Waals surface area contributed by atoms with Crippen molar-refractivity contribution < 1.29 is 24.3 Å². The summed E-state index contributed by atoms with van der Waals surface area (Å²) < 4.78 is 10.4. The summed E-state index contributed by atoms with van der Waals surface area (Å²) in [6.07, 6.45) is 3.25. The maximum absolute atomic E-state index is 12.8. The number of hydrogen-bond donors (Lipinski definition) is 1. The van der Waals surface area contributed by atoms with Crippen LogP contribution in [0.25, 0.3) is 0 Å². The summed E-state index contributed by atoms with van der Waals surface area (Å²) in [6, 6.07) is 3.16. The van der Waals surface area contributed by atoms with E-state index in [1.54, 1.807) is 12.1 Å².